The lowest BCUT2D eigenvalue weighted by Gasteiger charge is -2.11. The van der Waals surface area contributed by atoms with E-state index >= 15 is 0 Å². The molecule has 0 aliphatic heterocycles. The lowest BCUT2D eigenvalue weighted by Crippen LogP contribution is -2.35. The number of carbonyl (C=O) groups is 1. The van der Waals surface area contributed by atoms with Crippen LogP contribution in [0.4, 0.5) is 0 Å². The molecule has 108 valence electrons. The van der Waals surface area contributed by atoms with E-state index in [2.05, 4.69) is 5.32 Å². The number of aryl methyl sites for hydroxylation is 2. The molecule has 1 aromatic heterocycles. The molecule has 1 N–H and O–H groups in total. The monoisotopic (exact) mass is 295 g/mol. The number of furan rings is 1. The molecule has 0 fully saturated rings. The first-order valence-corrected chi connectivity index (χ1v) is 6.81. The molecule has 20 heavy (non-hydrogen) atoms. The minimum absolute atomic E-state index is 0.0858. The molecule has 1 aromatic carbocycles. The summed E-state index contributed by atoms with van der Waals surface area (Å²) in [4.78, 5) is 12.2. The van der Waals surface area contributed by atoms with Gasteiger partial charge in [0, 0.05) is 24.1 Å². The topological polar surface area (TPSA) is 51.5 Å². The highest BCUT2D eigenvalue weighted by molar-refractivity contribution is 6.35. The van der Waals surface area contributed by atoms with Gasteiger partial charge in [0.15, 0.2) is 11.3 Å². The molecular weight excluding hydrogens is 278 g/mol. The SMILES string of the molecule is COCC(C)NC(=O)c1oc2c(Cl)cc(C)cc2c1C. The van der Waals surface area contributed by atoms with Crippen LogP contribution in [0, 0.1) is 13.8 Å². The number of halogens is 1. The zero-order valence-electron chi connectivity index (χ0n) is 12.0. The van der Waals surface area contributed by atoms with E-state index in [0.29, 0.717) is 23.0 Å². The highest BCUT2D eigenvalue weighted by Gasteiger charge is 2.20. The third-order valence-electron chi connectivity index (χ3n) is 3.14. The molecule has 2 rings (SSSR count). The van der Waals surface area contributed by atoms with Crippen molar-refractivity contribution in [3.05, 3.63) is 34.0 Å². The van der Waals surface area contributed by atoms with Crippen LogP contribution in [-0.4, -0.2) is 25.7 Å². The zero-order valence-corrected chi connectivity index (χ0v) is 12.8. The molecule has 1 atom stereocenters. The number of carbonyl (C=O) groups excluding carboxylic acids is 1. The molecule has 0 aliphatic carbocycles. The van der Waals surface area contributed by atoms with Crippen molar-refractivity contribution in [1.82, 2.24) is 5.32 Å². The second-order valence-corrected chi connectivity index (χ2v) is 5.42. The molecule has 0 saturated carbocycles. The van der Waals surface area contributed by atoms with Crippen molar-refractivity contribution in [3.8, 4) is 0 Å². The lowest BCUT2D eigenvalue weighted by atomic mass is 10.1. The van der Waals surface area contributed by atoms with Crippen molar-refractivity contribution in [2.24, 2.45) is 0 Å². The Bertz CT molecular complexity index is 648. The summed E-state index contributed by atoms with van der Waals surface area (Å²) in [5, 5.41) is 4.23. The van der Waals surface area contributed by atoms with Crippen molar-refractivity contribution < 1.29 is 13.9 Å². The van der Waals surface area contributed by atoms with Crippen LogP contribution in [0.25, 0.3) is 11.0 Å². The number of hydrogen-bond acceptors (Lipinski definition) is 3. The quantitative estimate of drug-likeness (QED) is 0.939. The number of nitrogens with one attached hydrogen (secondary N) is 1. The molecule has 5 heteroatoms. The Hall–Kier alpha value is -1.52. The maximum atomic E-state index is 12.2. The summed E-state index contributed by atoms with van der Waals surface area (Å²) in [5.41, 5.74) is 2.39. The summed E-state index contributed by atoms with van der Waals surface area (Å²) in [6.07, 6.45) is 0. The fraction of sp³-hybridized carbons (Fsp3) is 0.400. The summed E-state index contributed by atoms with van der Waals surface area (Å²) >= 11 is 6.16. The van der Waals surface area contributed by atoms with Gasteiger partial charge in [-0.2, -0.15) is 0 Å². The first kappa shape index (κ1) is 14.9. The van der Waals surface area contributed by atoms with E-state index in [1.807, 2.05) is 32.9 Å². The van der Waals surface area contributed by atoms with Crippen LogP contribution in [0.5, 0.6) is 0 Å². The van der Waals surface area contributed by atoms with Gasteiger partial charge >= 0.3 is 0 Å². The fourth-order valence-electron chi connectivity index (χ4n) is 2.21. The summed E-state index contributed by atoms with van der Waals surface area (Å²) in [6.45, 7) is 6.14. The Morgan fingerprint density at radius 3 is 2.80 bits per heavy atom. The van der Waals surface area contributed by atoms with Gasteiger partial charge in [0.2, 0.25) is 0 Å². The molecule has 0 radical (unpaired) electrons. The van der Waals surface area contributed by atoms with E-state index in [1.54, 1.807) is 7.11 Å². The Balaban J connectivity index is 2.38. The highest BCUT2D eigenvalue weighted by Crippen LogP contribution is 2.32. The fourth-order valence-corrected chi connectivity index (χ4v) is 2.52. The van der Waals surface area contributed by atoms with Gasteiger partial charge in [0.05, 0.1) is 11.6 Å². The van der Waals surface area contributed by atoms with Crippen LogP contribution in [0.3, 0.4) is 0 Å². The molecular formula is C15H18ClNO3. The van der Waals surface area contributed by atoms with Gasteiger partial charge < -0.3 is 14.5 Å². The van der Waals surface area contributed by atoms with Crippen LogP contribution < -0.4 is 5.32 Å². The first-order chi connectivity index (χ1) is 9.43. The van der Waals surface area contributed by atoms with Crippen LogP contribution >= 0.6 is 11.6 Å². The minimum Gasteiger partial charge on any atom is -0.449 e. The molecule has 0 aliphatic rings. The Kier molecular flexibility index (Phi) is 4.35. The minimum atomic E-state index is -0.253. The number of hydrogen-bond donors (Lipinski definition) is 1. The number of methoxy groups -OCH3 is 1. The number of fused-ring (bicyclic) bond motifs is 1. The first-order valence-electron chi connectivity index (χ1n) is 6.43. The molecule has 1 unspecified atom stereocenters. The molecule has 1 heterocycles. The van der Waals surface area contributed by atoms with Crippen molar-refractivity contribution >= 4 is 28.5 Å². The zero-order chi connectivity index (χ0) is 14.9. The number of benzene rings is 1. The average Bonchev–Trinajstić information content (AvgIpc) is 2.68. The van der Waals surface area contributed by atoms with Gasteiger partial charge in [-0.25, -0.2) is 0 Å². The van der Waals surface area contributed by atoms with Crippen molar-refractivity contribution in [2.45, 2.75) is 26.8 Å². The van der Waals surface area contributed by atoms with Crippen LogP contribution in [0.15, 0.2) is 16.5 Å². The van der Waals surface area contributed by atoms with E-state index in [9.17, 15) is 4.79 Å². The van der Waals surface area contributed by atoms with Crippen molar-refractivity contribution in [2.75, 3.05) is 13.7 Å². The van der Waals surface area contributed by atoms with Gasteiger partial charge in [0.25, 0.3) is 5.91 Å². The lowest BCUT2D eigenvalue weighted by molar-refractivity contribution is 0.0879. The van der Waals surface area contributed by atoms with E-state index in [0.717, 1.165) is 16.5 Å². The van der Waals surface area contributed by atoms with Gasteiger partial charge in [-0.05, 0) is 38.5 Å². The highest BCUT2D eigenvalue weighted by atomic mass is 35.5. The summed E-state index contributed by atoms with van der Waals surface area (Å²) in [6, 6.07) is 3.70. The van der Waals surface area contributed by atoms with Gasteiger partial charge in [-0.1, -0.05) is 11.6 Å². The summed E-state index contributed by atoms with van der Waals surface area (Å²) in [7, 11) is 1.59. The summed E-state index contributed by atoms with van der Waals surface area (Å²) < 4.78 is 10.6. The standard InChI is InChI=1S/C15H18ClNO3/c1-8-5-11-10(3)13(20-14(11)12(16)6-8)15(18)17-9(2)7-19-4/h5-6,9H,7H2,1-4H3,(H,17,18). The molecule has 0 bridgehead atoms. The van der Waals surface area contributed by atoms with E-state index in [-0.39, 0.29) is 11.9 Å². The van der Waals surface area contributed by atoms with Crippen LogP contribution in [0.1, 0.15) is 28.6 Å². The average molecular weight is 296 g/mol. The Morgan fingerprint density at radius 1 is 1.45 bits per heavy atom. The molecule has 0 saturated heterocycles. The van der Waals surface area contributed by atoms with Gasteiger partial charge in [-0.15, -0.1) is 0 Å². The predicted molar refractivity (Wildman–Crippen MR) is 79.5 cm³/mol. The number of ether oxygens (including phenoxy) is 1. The Morgan fingerprint density at radius 2 is 2.15 bits per heavy atom. The molecule has 4 nitrogen and oxygen atoms in total. The van der Waals surface area contributed by atoms with E-state index < -0.39 is 0 Å². The van der Waals surface area contributed by atoms with Crippen LogP contribution in [-0.2, 0) is 4.74 Å². The van der Waals surface area contributed by atoms with Crippen molar-refractivity contribution in [3.63, 3.8) is 0 Å². The number of rotatable bonds is 4. The summed E-state index contributed by atoms with van der Waals surface area (Å²) in [5.74, 6) is 0.0485. The molecule has 2 aromatic rings. The second-order valence-electron chi connectivity index (χ2n) is 5.01. The van der Waals surface area contributed by atoms with Gasteiger partial charge in [-0.3, -0.25) is 4.79 Å². The molecule has 1 amide bonds. The Labute approximate surface area is 123 Å². The van der Waals surface area contributed by atoms with Crippen LogP contribution in [0.2, 0.25) is 5.02 Å². The van der Waals surface area contributed by atoms with Crippen molar-refractivity contribution in [1.29, 1.82) is 0 Å². The third-order valence-corrected chi connectivity index (χ3v) is 3.42. The normalized spacial score (nSPS) is 12.7. The predicted octanol–water partition coefficient (Wildman–Crippen LogP) is 3.47. The largest absolute Gasteiger partial charge is 0.449 e. The second kappa shape index (κ2) is 5.85. The maximum absolute atomic E-state index is 12.2. The number of amides is 1. The van der Waals surface area contributed by atoms with Gasteiger partial charge in [0.1, 0.15) is 0 Å². The van der Waals surface area contributed by atoms with E-state index in [4.69, 9.17) is 20.8 Å². The maximum Gasteiger partial charge on any atom is 0.287 e. The third kappa shape index (κ3) is 2.81. The molecule has 0 spiro atoms. The van der Waals surface area contributed by atoms with E-state index in [1.165, 1.54) is 0 Å². The smallest absolute Gasteiger partial charge is 0.287 e.